The van der Waals surface area contributed by atoms with Gasteiger partial charge in [-0.15, -0.1) is 0 Å². The van der Waals surface area contributed by atoms with E-state index in [1.54, 1.807) is 12.1 Å². The highest BCUT2D eigenvalue weighted by molar-refractivity contribution is 7.89. The van der Waals surface area contributed by atoms with Crippen molar-refractivity contribution in [2.75, 3.05) is 19.6 Å². The lowest BCUT2D eigenvalue weighted by Gasteiger charge is -2.31. The molecule has 1 amide bonds. The van der Waals surface area contributed by atoms with Crippen LogP contribution in [0.25, 0.3) is 21.8 Å². The lowest BCUT2D eigenvalue weighted by Crippen LogP contribution is -2.45. The number of benzene rings is 2. The topological polar surface area (TPSA) is 87.2 Å². The summed E-state index contributed by atoms with van der Waals surface area (Å²) in [6, 6.07) is 15.3. The molecule has 0 saturated carbocycles. The van der Waals surface area contributed by atoms with Gasteiger partial charge in [-0.05, 0) is 62.1 Å². The molecular weight excluding hydrogens is 448 g/mol. The smallest absolute Gasteiger partial charge is 0.243 e. The summed E-state index contributed by atoms with van der Waals surface area (Å²) in [5.74, 6) is -0.411. The normalized spacial score (nSPS) is 17.4. The molecule has 0 radical (unpaired) electrons. The number of sulfonamides is 1. The molecule has 34 heavy (non-hydrogen) atoms. The summed E-state index contributed by atoms with van der Waals surface area (Å²) in [4.78, 5) is 16.4. The first-order valence-corrected chi connectivity index (χ1v) is 13.3. The number of para-hydroxylation sites is 1. The maximum absolute atomic E-state index is 13.4. The van der Waals surface area contributed by atoms with Gasteiger partial charge in [-0.2, -0.15) is 4.31 Å². The maximum atomic E-state index is 13.4. The number of H-pyrrole nitrogens is 1. The summed E-state index contributed by atoms with van der Waals surface area (Å²) in [6.45, 7) is 4.07. The third-order valence-corrected chi connectivity index (χ3v) is 8.71. The molecule has 3 heterocycles. The molecule has 0 bridgehead atoms. The van der Waals surface area contributed by atoms with Gasteiger partial charge >= 0.3 is 0 Å². The van der Waals surface area contributed by atoms with E-state index in [9.17, 15) is 13.2 Å². The Hall–Kier alpha value is -3.10. The van der Waals surface area contributed by atoms with Crippen LogP contribution in [0.4, 0.5) is 0 Å². The molecule has 1 aliphatic rings. The van der Waals surface area contributed by atoms with Gasteiger partial charge in [0.1, 0.15) is 0 Å². The van der Waals surface area contributed by atoms with Crippen LogP contribution in [0.2, 0.25) is 0 Å². The molecule has 1 atom stereocenters. The molecule has 2 aromatic heterocycles. The Morgan fingerprint density at radius 3 is 2.88 bits per heavy atom. The first kappa shape index (κ1) is 22.7. The molecule has 0 unspecified atom stereocenters. The second-order valence-electron chi connectivity index (χ2n) is 8.93. The summed E-state index contributed by atoms with van der Waals surface area (Å²) >= 11 is 0. The average molecular weight is 479 g/mol. The average Bonchev–Trinajstić information content (AvgIpc) is 3.47. The lowest BCUT2D eigenvalue weighted by atomic mass is 9.99. The van der Waals surface area contributed by atoms with Crippen molar-refractivity contribution >= 4 is 37.7 Å². The van der Waals surface area contributed by atoms with Crippen molar-refractivity contribution in [3.8, 4) is 0 Å². The van der Waals surface area contributed by atoms with Gasteiger partial charge in [-0.1, -0.05) is 18.2 Å². The van der Waals surface area contributed by atoms with Gasteiger partial charge in [0, 0.05) is 60.4 Å². The van der Waals surface area contributed by atoms with E-state index in [-0.39, 0.29) is 23.3 Å². The number of piperidine rings is 1. The number of hydrogen-bond acceptors (Lipinski definition) is 3. The number of nitrogens with one attached hydrogen (secondary N) is 2. The zero-order valence-corrected chi connectivity index (χ0v) is 20.1. The standard InChI is InChI=1S/C26H30N4O3S/c1-2-29-15-12-19-16-22(9-10-25(19)29)34(32,33)30-14-5-6-21(18-30)26(31)27-13-11-20-17-28-24-8-4-3-7-23(20)24/h3-4,7-10,12,15-17,21,28H,2,5-6,11,13-14,18H2,1H3,(H,27,31)/t21-/m0/s1. The number of fused-ring (bicyclic) bond motifs is 2. The molecule has 0 spiro atoms. The predicted octanol–water partition coefficient (Wildman–Crippen LogP) is 3.90. The van der Waals surface area contributed by atoms with E-state index < -0.39 is 10.0 Å². The molecule has 2 N–H and O–H groups in total. The van der Waals surface area contributed by atoms with Crippen LogP contribution in [0.1, 0.15) is 25.3 Å². The SMILES string of the molecule is CCn1ccc2cc(S(=O)(=O)N3CCC[C@H](C(=O)NCCc4c[nH]c5ccccc45)C3)ccc21. The van der Waals surface area contributed by atoms with E-state index in [1.165, 1.54) is 4.31 Å². The number of rotatable bonds is 7. The second kappa shape index (κ2) is 9.27. The van der Waals surface area contributed by atoms with Gasteiger partial charge < -0.3 is 14.9 Å². The molecule has 5 rings (SSSR count). The summed E-state index contributed by atoms with van der Waals surface area (Å²) in [5.41, 5.74) is 3.27. The van der Waals surface area contributed by atoms with Crippen molar-refractivity contribution in [1.29, 1.82) is 0 Å². The minimum atomic E-state index is -3.66. The monoisotopic (exact) mass is 478 g/mol. The van der Waals surface area contributed by atoms with Gasteiger partial charge in [-0.25, -0.2) is 8.42 Å². The Labute approximate surface area is 199 Å². The number of aromatic amines is 1. The van der Waals surface area contributed by atoms with Crippen LogP contribution in [0.3, 0.4) is 0 Å². The first-order chi connectivity index (χ1) is 16.5. The first-order valence-electron chi connectivity index (χ1n) is 11.9. The summed E-state index contributed by atoms with van der Waals surface area (Å²) in [5, 5.41) is 5.10. The number of amides is 1. The molecule has 4 aromatic rings. The highest BCUT2D eigenvalue weighted by Gasteiger charge is 2.33. The molecule has 1 fully saturated rings. The van der Waals surface area contributed by atoms with Crippen LogP contribution in [0.15, 0.2) is 65.8 Å². The third kappa shape index (κ3) is 4.23. The summed E-state index contributed by atoms with van der Waals surface area (Å²) in [6.07, 6.45) is 6.05. The third-order valence-electron chi connectivity index (χ3n) is 6.84. The molecule has 178 valence electrons. The van der Waals surface area contributed by atoms with Crippen LogP contribution in [0.5, 0.6) is 0 Å². The zero-order valence-electron chi connectivity index (χ0n) is 19.3. The van der Waals surface area contributed by atoms with E-state index in [0.29, 0.717) is 25.9 Å². The van der Waals surface area contributed by atoms with E-state index in [1.807, 2.05) is 42.7 Å². The van der Waals surface area contributed by atoms with Gasteiger partial charge in [0.15, 0.2) is 0 Å². The maximum Gasteiger partial charge on any atom is 0.243 e. The number of nitrogens with zero attached hydrogens (tertiary/aromatic N) is 2. The van der Waals surface area contributed by atoms with Crippen molar-refractivity contribution in [3.63, 3.8) is 0 Å². The van der Waals surface area contributed by atoms with E-state index in [4.69, 9.17) is 0 Å². The lowest BCUT2D eigenvalue weighted by molar-refractivity contribution is -0.126. The summed E-state index contributed by atoms with van der Waals surface area (Å²) in [7, 11) is -3.66. The Morgan fingerprint density at radius 2 is 2.03 bits per heavy atom. The highest BCUT2D eigenvalue weighted by Crippen LogP contribution is 2.27. The highest BCUT2D eigenvalue weighted by atomic mass is 32.2. The van der Waals surface area contributed by atoms with Crippen LogP contribution < -0.4 is 5.32 Å². The predicted molar refractivity (Wildman–Crippen MR) is 134 cm³/mol. The minimum Gasteiger partial charge on any atom is -0.361 e. The van der Waals surface area contributed by atoms with E-state index in [2.05, 4.69) is 27.9 Å². The Balaban J connectivity index is 1.23. The van der Waals surface area contributed by atoms with Crippen molar-refractivity contribution in [2.24, 2.45) is 5.92 Å². The fourth-order valence-corrected chi connectivity index (χ4v) is 6.50. The number of carbonyl (C=O) groups excluding carboxylic acids is 1. The van der Waals surface area contributed by atoms with E-state index >= 15 is 0 Å². The number of carbonyl (C=O) groups is 1. The van der Waals surface area contributed by atoms with Gasteiger partial charge in [0.25, 0.3) is 0 Å². The van der Waals surface area contributed by atoms with Gasteiger partial charge in [0.05, 0.1) is 10.8 Å². The molecule has 0 aliphatic carbocycles. The molecule has 7 nitrogen and oxygen atoms in total. The van der Waals surface area contributed by atoms with Crippen molar-refractivity contribution in [2.45, 2.75) is 37.6 Å². The van der Waals surface area contributed by atoms with Gasteiger partial charge in [0.2, 0.25) is 15.9 Å². The second-order valence-corrected chi connectivity index (χ2v) is 10.9. The zero-order chi connectivity index (χ0) is 23.7. The van der Waals surface area contributed by atoms with Crippen LogP contribution in [-0.4, -0.2) is 47.8 Å². The minimum absolute atomic E-state index is 0.0739. The quantitative estimate of drug-likeness (QED) is 0.422. The van der Waals surface area contributed by atoms with Crippen molar-refractivity contribution in [3.05, 3.63) is 66.5 Å². The molecule has 2 aromatic carbocycles. The van der Waals surface area contributed by atoms with Crippen LogP contribution >= 0.6 is 0 Å². The Morgan fingerprint density at radius 1 is 1.18 bits per heavy atom. The number of aromatic nitrogens is 2. The molecule has 8 heteroatoms. The van der Waals surface area contributed by atoms with Crippen molar-refractivity contribution < 1.29 is 13.2 Å². The van der Waals surface area contributed by atoms with Gasteiger partial charge in [-0.3, -0.25) is 4.79 Å². The molecule has 1 saturated heterocycles. The Bertz CT molecular complexity index is 1440. The van der Waals surface area contributed by atoms with Crippen molar-refractivity contribution in [1.82, 2.24) is 19.2 Å². The molecular formula is C26H30N4O3S. The largest absolute Gasteiger partial charge is 0.361 e. The fourth-order valence-electron chi connectivity index (χ4n) is 4.94. The summed E-state index contributed by atoms with van der Waals surface area (Å²) < 4.78 is 30.3. The van der Waals surface area contributed by atoms with E-state index in [0.717, 1.165) is 40.3 Å². The fraction of sp³-hybridized carbons (Fsp3) is 0.346. The van der Waals surface area contributed by atoms with Crippen LogP contribution in [0, 0.1) is 5.92 Å². The van der Waals surface area contributed by atoms with Crippen LogP contribution in [-0.2, 0) is 27.8 Å². The number of hydrogen-bond donors (Lipinski definition) is 2. The Kier molecular flexibility index (Phi) is 6.18. The molecule has 1 aliphatic heterocycles. The number of aryl methyl sites for hydroxylation is 1.